The van der Waals surface area contributed by atoms with Crippen LogP contribution in [0.15, 0.2) is 0 Å². The van der Waals surface area contributed by atoms with Gasteiger partial charge in [-0.3, -0.25) is 0 Å². The first kappa shape index (κ1) is 10.6. The number of carbonyl (C=O) groups is 1. The Morgan fingerprint density at radius 2 is 1.75 bits per heavy atom. The molecule has 0 saturated heterocycles. The minimum Gasteiger partial charge on any atom is -0.550 e. The molecule has 3 heteroatoms. The van der Waals surface area contributed by atoms with Gasteiger partial charge in [0.2, 0.25) is 0 Å². The number of aliphatic carboxylic acids is 1. The molecule has 0 aromatic carbocycles. The van der Waals surface area contributed by atoms with E-state index >= 15 is 0 Å². The molecule has 2 nitrogen and oxygen atoms in total. The first-order valence-electron chi connectivity index (χ1n) is 4.48. The summed E-state index contributed by atoms with van der Waals surface area (Å²) in [4.78, 5) is 10.6. The zero-order chi connectivity index (χ0) is 7.84. The van der Waals surface area contributed by atoms with Crippen LogP contribution in [0.3, 0.4) is 0 Å². The minimum atomic E-state index is -0.806. The molecule has 1 atom stereocenters. The van der Waals surface area contributed by atoms with E-state index in [-0.39, 0.29) is 35.5 Å². The Bertz CT molecular complexity index is 173. The van der Waals surface area contributed by atoms with Crippen LogP contribution in [0.1, 0.15) is 32.1 Å². The van der Waals surface area contributed by atoms with Crippen molar-refractivity contribution in [1.29, 1.82) is 0 Å². The van der Waals surface area contributed by atoms with Crippen molar-refractivity contribution in [3.63, 3.8) is 0 Å². The molecule has 0 unspecified atom stereocenters. The molecular formula is C9H13NaO2. The van der Waals surface area contributed by atoms with Crippen LogP contribution in [0.4, 0.5) is 0 Å². The summed E-state index contributed by atoms with van der Waals surface area (Å²) in [5.41, 5.74) is 0. The van der Waals surface area contributed by atoms with Gasteiger partial charge in [0.25, 0.3) is 0 Å². The Hall–Kier alpha value is 0.470. The smallest absolute Gasteiger partial charge is 0.550 e. The second-order valence-electron chi connectivity index (χ2n) is 3.94. The van der Waals surface area contributed by atoms with E-state index in [1.165, 1.54) is 12.8 Å². The largest absolute Gasteiger partial charge is 1.00 e. The number of hydrogen-bond donors (Lipinski definition) is 0. The van der Waals surface area contributed by atoms with Crippen LogP contribution in [0.2, 0.25) is 0 Å². The molecule has 3 rings (SSSR count). The van der Waals surface area contributed by atoms with Gasteiger partial charge < -0.3 is 9.90 Å². The van der Waals surface area contributed by atoms with Crippen molar-refractivity contribution < 1.29 is 39.5 Å². The summed E-state index contributed by atoms with van der Waals surface area (Å²) in [6.45, 7) is 0. The van der Waals surface area contributed by atoms with E-state index in [0.29, 0.717) is 11.8 Å². The molecule has 62 valence electrons. The van der Waals surface area contributed by atoms with E-state index in [1.54, 1.807) is 0 Å². The summed E-state index contributed by atoms with van der Waals surface area (Å²) in [6, 6.07) is 0. The molecule has 0 radical (unpaired) electrons. The van der Waals surface area contributed by atoms with Gasteiger partial charge in [-0.15, -0.1) is 0 Å². The molecule has 0 aromatic rings. The van der Waals surface area contributed by atoms with Crippen molar-refractivity contribution in [3.8, 4) is 0 Å². The second-order valence-corrected chi connectivity index (χ2v) is 3.94. The van der Waals surface area contributed by atoms with E-state index in [2.05, 4.69) is 0 Å². The Balaban J connectivity index is 0.000000720. The predicted octanol–water partition coefficient (Wildman–Crippen LogP) is -2.43. The normalized spacial score (nSPS) is 38.8. The zero-order valence-corrected chi connectivity index (χ0v) is 9.58. The third-order valence-electron chi connectivity index (χ3n) is 3.35. The number of carbonyl (C=O) groups excluding carboxylic acids is 1. The molecule has 3 saturated carbocycles. The zero-order valence-electron chi connectivity index (χ0n) is 7.58. The van der Waals surface area contributed by atoms with Gasteiger partial charge in [0, 0.05) is 11.9 Å². The van der Waals surface area contributed by atoms with Crippen molar-refractivity contribution in [2.75, 3.05) is 0 Å². The van der Waals surface area contributed by atoms with Crippen LogP contribution >= 0.6 is 0 Å². The molecule has 3 aliphatic rings. The first-order chi connectivity index (χ1) is 5.27. The molecule has 0 aromatic heterocycles. The van der Waals surface area contributed by atoms with Crippen molar-refractivity contribution in [2.45, 2.75) is 32.1 Å². The van der Waals surface area contributed by atoms with Gasteiger partial charge >= 0.3 is 29.6 Å². The molecule has 3 fully saturated rings. The topological polar surface area (TPSA) is 40.1 Å². The van der Waals surface area contributed by atoms with Crippen molar-refractivity contribution in [2.24, 2.45) is 17.8 Å². The number of carboxylic acids is 1. The molecule has 0 N–H and O–H groups in total. The standard InChI is InChI=1S/C9H14O2.Na/c10-9(11)8-5-6-1-3-7(8)4-2-6;/h6-8H,1-5H2,(H,10,11);/q;+1/p-1/t6?,7?,8-;/m1./s1. The summed E-state index contributed by atoms with van der Waals surface area (Å²) in [5.74, 6) is 0.231. The van der Waals surface area contributed by atoms with Gasteiger partial charge in [0.15, 0.2) is 0 Å². The molecule has 2 bridgehead atoms. The van der Waals surface area contributed by atoms with E-state index < -0.39 is 5.97 Å². The van der Waals surface area contributed by atoms with Crippen LogP contribution < -0.4 is 34.7 Å². The predicted molar refractivity (Wildman–Crippen MR) is 38.6 cm³/mol. The average Bonchev–Trinajstić information content (AvgIpc) is 2.06. The average molecular weight is 176 g/mol. The van der Waals surface area contributed by atoms with E-state index in [1.807, 2.05) is 0 Å². The van der Waals surface area contributed by atoms with Crippen LogP contribution in [-0.2, 0) is 4.79 Å². The van der Waals surface area contributed by atoms with Gasteiger partial charge in [-0.05, 0) is 31.1 Å². The summed E-state index contributed by atoms with van der Waals surface area (Å²) < 4.78 is 0. The van der Waals surface area contributed by atoms with E-state index in [9.17, 15) is 9.90 Å². The maximum Gasteiger partial charge on any atom is 1.00 e. The summed E-state index contributed by atoms with van der Waals surface area (Å²) in [6.07, 6.45) is 5.67. The molecule has 0 amide bonds. The van der Waals surface area contributed by atoms with Crippen LogP contribution in [0.25, 0.3) is 0 Å². The summed E-state index contributed by atoms with van der Waals surface area (Å²) >= 11 is 0. The van der Waals surface area contributed by atoms with Crippen LogP contribution in [0, 0.1) is 17.8 Å². The fourth-order valence-electron chi connectivity index (χ4n) is 2.67. The molecule has 3 aliphatic carbocycles. The first-order valence-corrected chi connectivity index (χ1v) is 4.48. The van der Waals surface area contributed by atoms with Crippen molar-refractivity contribution >= 4 is 5.97 Å². The van der Waals surface area contributed by atoms with Gasteiger partial charge in [0.05, 0.1) is 0 Å². The molecular weight excluding hydrogens is 163 g/mol. The molecule has 0 spiro atoms. The SMILES string of the molecule is O=C([O-])[C@@H]1CC2CCC1CC2.[Na+]. The Morgan fingerprint density at radius 1 is 1.17 bits per heavy atom. The fourth-order valence-corrected chi connectivity index (χ4v) is 2.67. The molecule has 12 heavy (non-hydrogen) atoms. The maximum atomic E-state index is 10.6. The van der Waals surface area contributed by atoms with Gasteiger partial charge in [-0.25, -0.2) is 0 Å². The van der Waals surface area contributed by atoms with Crippen LogP contribution in [-0.4, -0.2) is 5.97 Å². The fraction of sp³-hybridized carbons (Fsp3) is 0.889. The van der Waals surface area contributed by atoms with Crippen molar-refractivity contribution in [3.05, 3.63) is 0 Å². The Labute approximate surface area is 95.0 Å². The number of fused-ring (bicyclic) bond motifs is 3. The monoisotopic (exact) mass is 176 g/mol. The Kier molecular flexibility index (Phi) is 3.62. The molecule has 0 aliphatic heterocycles. The van der Waals surface area contributed by atoms with Gasteiger partial charge in [0.1, 0.15) is 0 Å². The third kappa shape index (κ3) is 1.86. The van der Waals surface area contributed by atoms with Crippen molar-refractivity contribution in [1.82, 2.24) is 0 Å². The Morgan fingerprint density at radius 3 is 2.00 bits per heavy atom. The summed E-state index contributed by atoms with van der Waals surface area (Å²) in [5, 5.41) is 10.6. The van der Waals surface area contributed by atoms with Gasteiger partial charge in [-0.1, -0.05) is 12.8 Å². The van der Waals surface area contributed by atoms with Crippen LogP contribution in [0.5, 0.6) is 0 Å². The minimum absolute atomic E-state index is 0. The number of carboxylic acid groups (broad SMARTS) is 1. The summed E-state index contributed by atoms with van der Waals surface area (Å²) in [7, 11) is 0. The quantitative estimate of drug-likeness (QED) is 0.417. The number of hydrogen-bond acceptors (Lipinski definition) is 2. The van der Waals surface area contributed by atoms with E-state index in [0.717, 1.165) is 19.3 Å². The molecule has 0 heterocycles. The second kappa shape index (κ2) is 4.12. The maximum absolute atomic E-state index is 10.6. The number of rotatable bonds is 1. The third-order valence-corrected chi connectivity index (χ3v) is 3.35. The van der Waals surface area contributed by atoms with E-state index in [4.69, 9.17) is 0 Å². The van der Waals surface area contributed by atoms with Gasteiger partial charge in [-0.2, -0.15) is 0 Å².